The molecule has 0 N–H and O–H groups in total. The van der Waals surface area contributed by atoms with E-state index in [1.807, 2.05) is 39.8 Å². The third kappa shape index (κ3) is 4.83. The number of amides is 1. The molecular formula is C20H28N4O2S. The molecule has 1 amide bonds. The topological polar surface area (TPSA) is 60.2 Å². The van der Waals surface area contributed by atoms with Gasteiger partial charge in [0.1, 0.15) is 12.4 Å². The molecule has 2 unspecified atom stereocenters. The van der Waals surface area contributed by atoms with E-state index >= 15 is 0 Å². The molecular weight excluding hydrogens is 360 g/mol. The molecule has 7 heteroatoms. The average molecular weight is 389 g/mol. The molecule has 6 nitrogen and oxygen atoms in total. The lowest BCUT2D eigenvalue weighted by Gasteiger charge is -2.39. The molecule has 1 saturated heterocycles. The molecule has 27 heavy (non-hydrogen) atoms. The third-order valence-corrected chi connectivity index (χ3v) is 5.98. The van der Waals surface area contributed by atoms with Crippen LogP contribution in [0.15, 0.2) is 35.5 Å². The van der Waals surface area contributed by atoms with Crippen LogP contribution in [0.25, 0.3) is 0 Å². The van der Waals surface area contributed by atoms with Gasteiger partial charge in [-0.2, -0.15) is 0 Å². The van der Waals surface area contributed by atoms with E-state index in [4.69, 9.17) is 4.74 Å². The zero-order valence-electron chi connectivity index (χ0n) is 16.3. The first-order chi connectivity index (χ1) is 13.1. The van der Waals surface area contributed by atoms with Crippen LogP contribution in [-0.4, -0.2) is 43.4 Å². The van der Waals surface area contributed by atoms with Crippen molar-refractivity contribution >= 4 is 17.7 Å². The molecule has 1 aromatic carbocycles. The maximum Gasteiger partial charge on any atom is 0.233 e. The van der Waals surface area contributed by atoms with Crippen LogP contribution in [0.3, 0.4) is 0 Å². The molecule has 1 aromatic heterocycles. The van der Waals surface area contributed by atoms with Crippen LogP contribution in [0.2, 0.25) is 0 Å². The Morgan fingerprint density at radius 3 is 2.56 bits per heavy atom. The summed E-state index contributed by atoms with van der Waals surface area (Å²) in [6.45, 7) is 7.45. The molecule has 0 radical (unpaired) electrons. The van der Waals surface area contributed by atoms with Crippen molar-refractivity contribution in [1.29, 1.82) is 0 Å². The second-order valence-corrected chi connectivity index (χ2v) is 7.91. The molecule has 0 aliphatic carbocycles. The molecule has 1 fully saturated rings. The van der Waals surface area contributed by atoms with E-state index in [9.17, 15) is 4.79 Å². The van der Waals surface area contributed by atoms with Gasteiger partial charge in [0.2, 0.25) is 5.91 Å². The Morgan fingerprint density at radius 2 is 1.89 bits per heavy atom. The van der Waals surface area contributed by atoms with Crippen molar-refractivity contribution < 1.29 is 9.53 Å². The summed E-state index contributed by atoms with van der Waals surface area (Å²) in [5.41, 5.74) is 0. The Hall–Kier alpha value is -2.02. The van der Waals surface area contributed by atoms with Gasteiger partial charge in [-0.15, -0.1) is 10.2 Å². The molecule has 146 valence electrons. The fraction of sp³-hybridized carbons (Fsp3) is 0.550. The zero-order chi connectivity index (χ0) is 19.2. The quantitative estimate of drug-likeness (QED) is 0.676. The highest BCUT2D eigenvalue weighted by Gasteiger charge is 2.29. The van der Waals surface area contributed by atoms with Gasteiger partial charge in [0.15, 0.2) is 11.0 Å². The van der Waals surface area contributed by atoms with Gasteiger partial charge in [0.05, 0.1) is 5.75 Å². The van der Waals surface area contributed by atoms with Crippen LogP contribution in [0, 0.1) is 0 Å². The molecule has 1 aliphatic rings. The van der Waals surface area contributed by atoms with E-state index in [-0.39, 0.29) is 5.91 Å². The monoisotopic (exact) mass is 388 g/mol. The molecule has 0 bridgehead atoms. The number of ether oxygens (including phenoxy) is 1. The van der Waals surface area contributed by atoms with Crippen molar-refractivity contribution in [3.63, 3.8) is 0 Å². The minimum Gasteiger partial charge on any atom is -0.486 e. The molecule has 0 saturated carbocycles. The number of thioether (sulfide) groups is 1. The van der Waals surface area contributed by atoms with E-state index in [1.54, 1.807) is 0 Å². The Bertz CT molecular complexity index is 740. The Morgan fingerprint density at radius 1 is 1.19 bits per heavy atom. The first-order valence-electron chi connectivity index (χ1n) is 9.64. The van der Waals surface area contributed by atoms with Crippen molar-refractivity contribution in [1.82, 2.24) is 19.7 Å². The number of nitrogens with zero attached hydrogens (tertiary/aromatic N) is 4. The van der Waals surface area contributed by atoms with Crippen LogP contribution < -0.4 is 4.74 Å². The predicted molar refractivity (Wildman–Crippen MR) is 107 cm³/mol. The van der Waals surface area contributed by atoms with Crippen molar-refractivity contribution in [3.05, 3.63) is 36.2 Å². The van der Waals surface area contributed by atoms with Gasteiger partial charge < -0.3 is 14.2 Å². The van der Waals surface area contributed by atoms with Crippen molar-refractivity contribution in [3.8, 4) is 5.75 Å². The highest BCUT2D eigenvalue weighted by atomic mass is 32.2. The molecule has 0 spiro atoms. The maximum absolute atomic E-state index is 12.7. The fourth-order valence-electron chi connectivity index (χ4n) is 3.63. The van der Waals surface area contributed by atoms with E-state index < -0.39 is 0 Å². The normalized spacial score (nSPS) is 19.9. The van der Waals surface area contributed by atoms with Crippen molar-refractivity contribution in [2.75, 3.05) is 5.75 Å². The summed E-state index contributed by atoms with van der Waals surface area (Å²) in [4.78, 5) is 14.8. The van der Waals surface area contributed by atoms with Gasteiger partial charge in [-0.25, -0.2) is 0 Å². The number of hydrogen-bond acceptors (Lipinski definition) is 5. The number of piperidine rings is 1. The first-order valence-corrected chi connectivity index (χ1v) is 10.6. The molecule has 2 heterocycles. The fourth-order valence-corrected chi connectivity index (χ4v) is 4.52. The summed E-state index contributed by atoms with van der Waals surface area (Å²) in [5.74, 6) is 2.16. The number of likely N-dealkylation sites (tertiary alicyclic amines) is 1. The molecule has 2 aromatic rings. The lowest BCUT2D eigenvalue weighted by Crippen LogP contribution is -2.48. The number of carbonyl (C=O) groups is 1. The average Bonchev–Trinajstić information content (AvgIpc) is 3.07. The first kappa shape index (κ1) is 19.7. The van der Waals surface area contributed by atoms with Crippen LogP contribution in [0.5, 0.6) is 5.75 Å². The van der Waals surface area contributed by atoms with Gasteiger partial charge in [0.25, 0.3) is 0 Å². The second kappa shape index (κ2) is 9.26. The number of rotatable bonds is 7. The second-order valence-electron chi connectivity index (χ2n) is 6.96. The van der Waals surface area contributed by atoms with Crippen molar-refractivity contribution in [2.24, 2.45) is 0 Å². The van der Waals surface area contributed by atoms with Gasteiger partial charge in [-0.1, -0.05) is 30.0 Å². The third-order valence-electron chi connectivity index (χ3n) is 5.03. The van der Waals surface area contributed by atoms with Gasteiger partial charge in [-0.05, 0) is 52.2 Å². The largest absolute Gasteiger partial charge is 0.486 e. The van der Waals surface area contributed by atoms with E-state index in [2.05, 4.69) is 31.0 Å². The van der Waals surface area contributed by atoms with Crippen LogP contribution >= 0.6 is 11.8 Å². The Balaban J connectivity index is 1.60. The molecule has 2 atom stereocenters. The van der Waals surface area contributed by atoms with Crippen LogP contribution in [0.4, 0.5) is 0 Å². The Kier molecular flexibility index (Phi) is 6.77. The maximum atomic E-state index is 12.7. The molecule has 1 aliphatic heterocycles. The van der Waals surface area contributed by atoms with E-state index in [0.29, 0.717) is 24.4 Å². The standard InChI is InChI=1S/C20H28N4O2S/c1-4-23-18(13-26-17-11-6-5-7-12-17)21-22-20(23)27-14-19(25)24-15(2)9-8-10-16(24)3/h5-7,11-12,15-16H,4,8-10,13-14H2,1-3H3. The summed E-state index contributed by atoms with van der Waals surface area (Å²) >= 11 is 1.46. The van der Waals surface area contributed by atoms with E-state index in [0.717, 1.165) is 36.1 Å². The summed E-state index contributed by atoms with van der Waals surface area (Å²) in [6.07, 6.45) is 3.38. The SMILES string of the molecule is CCn1c(COc2ccccc2)nnc1SCC(=O)N1C(C)CCCC1C. The molecule has 3 rings (SSSR count). The summed E-state index contributed by atoms with van der Waals surface area (Å²) < 4.78 is 7.81. The van der Waals surface area contributed by atoms with Crippen molar-refractivity contribution in [2.45, 2.75) is 70.4 Å². The van der Waals surface area contributed by atoms with Crippen LogP contribution in [-0.2, 0) is 17.9 Å². The lowest BCUT2D eigenvalue weighted by molar-refractivity contribution is -0.134. The van der Waals surface area contributed by atoms with Gasteiger partial charge in [-0.3, -0.25) is 4.79 Å². The summed E-state index contributed by atoms with van der Waals surface area (Å²) in [6, 6.07) is 10.3. The predicted octanol–water partition coefficient (Wildman–Crippen LogP) is 3.76. The highest BCUT2D eigenvalue weighted by Crippen LogP contribution is 2.25. The van der Waals surface area contributed by atoms with E-state index in [1.165, 1.54) is 18.2 Å². The summed E-state index contributed by atoms with van der Waals surface area (Å²) in [7, 11) is 0. The minimum absolute atomic E-state index is 0.187. The zero-order valence-corrected chi connectivity index (χ0v) is 17.1. The number of benzene rings is 1. The lowest BCUT2D eigenvalue weighted by atomic mass is 9.98. The number of aromatic nitrogens is 3. The number of carbonyl (C=O) groups excluding carboxylic acids is 1. The van der Waals surface area contributed by atoms with Crippen LogP contribution in [0.1, 0.15) is 45.9 Å². The van der Waals surface area contributed by atoms with Gasteiger partial charge in [0, 0.05) is 18.6 Å². The Labute approximate surface area is 165 Å². The smallest absolute Gasteiger partial charge is 0.233 e. The number of para-hydroxylation sites is 1. The summed E-state index contributed by atoms with van der Waals surface area (Å²) in [5, 5.41) is 9.32. The minimum atomic E-state index is 0.187. The number of hydrogen-bond donors (Lipinski definition) is 0. The highest BCUT2D eigenvalue weighted by molar-refractivity contribution is 7.99. The van der Waals surface area contributed by atoms with Gasteiger partial charge >= 0.3 is 0 Å².